The molecule has 5 aromatic rings. The molecule has 39 heavy (non-hydrogen) atoms. The van der Waals surface area contributed by atoms with Crippen LogP contribution in [-0.4, -0.2) is 52.2 Å². The number of nitrogens with two attached hydrogens (primary N) is 1. The SMILES string of the molecule is Cc1noc(C)c1-c1cc(C(N)=O)c2c3cc(C(=O)N4CCO[C@@H](C)C4)ccc3n(Cc3ccccc3)c2c1. The Balaban J connectivity index is 1.61. The van der Waals surface area contributed by atoms with Crippen LogP contribution in [0.1, 0.15) is 44.7 Å². The number of amides is 2. The van der Waals surface area contributed by atoms with Gasteiger partial charge < -0.3 is 24.5 Å². The summed E-state index contributed by atoms with van der Waals surface area (Å²) in [5.74, 6) is 0.0793. The molecule has 8 nitrogen and oxygen atoms in total. The van der Waals surface area contributed by atoms with Gasteiger partial charge in [0.05, 0.1) is 23.9 Å². The molecule has 0 radical (unpaired) electrons. The summed E-state index contributed by atoms with van der Waals surface area (Å²) in [6.45, 7) is 7.89. The van der Waals surface area contributed by atoms with Gasteiger partial charge in [-0.05, 0) is 62.2 Å². The van der Waals surface area contributed by atoms with Crippen molar-refractivity contribution in [3.63, 3.8) is 0 Å². The highest BCUT2D eigenvalue weighted by molar-refractivity contribution is 6.20. The van der Waals surface area contributed by atoms with Gasteiger partial charge in [-0.25, -0.2) is 0 Å². The Labute approximate surface area is 225 Å². The third-order valence-corrected chi connectivity index (χ3v) is 7.51. The summed E-state index contributed by atoms with van der Waals surface area (Å²) in [5, 5.41) is 5.65. The molecule has 1 fully saturated rings. The molecule has 0 aliphatic carbocycles. The number of hydrogen-bond donors (Lipinski definition) is 1. The highest BCUT2D eigenvalue weighted by atomic mass is 16.5. The van der Waals surface area contributed by atoms with Gasteiger partial charge in [0.25, 0.3) is 5.91 Å². The van der Waals surface area contributed by atoms with Crippen LogP contribution in [-0.2, 0) is 11.3 Å². The topological polar surface area (TPSA) is 104 Å². The van der Waals surface area contributed by atoms with Crippen molar-refractivity contribution in [3.05, 3.63) is 88.8 Å². The normalized spacial score (nSPS) is 15.8. The van der Waals surface area contributed by atoms with Crippen molar-refractivity contribution >= 4 is 33.6 Å². The van der Waals surface area contributed by atoms with Gasteiger partial charge >= 0.3 is 0 Å². The minimum Gasteiger partial charge on any atom is -0.375 e. The number of rotatable bonds is 5. The quantitative estimate of drug-likeness (QED) is 0.347. The number of aromatic nitrogens is 2. The summed E-state index contributed by atoms with van der Waals surface area (Å²) in [7, 11) is 0. The first kappa shape index (κ1) is 24.9. The van der Waals surface area contributed by atoms with E-state index in [4.69, 9.17) is 15.0 Å². The molecule has 1 saturated heterocycles. The lowest BCUT2D eigenvalue weighted by Gasteiger charge is -2.31. The van der Waals surface area contributed by atoms with Crippen LogP contribution < -0.4 is 5.73 Å². The lowest BCUT2D eigenvalue weighted by atomic mass is 9.97. The maximum Gasteiger partial charge on any atom is 0.254 e. The Morgan fingerprint density at radius 1 is 1.05 bits per heavy atom. The third-order valence-electron chi connectivity index (χ3n) is 7.51. The zero-order chi connectivity index (χ0) is 27.3. The molecule has 2 N–H and O–H groups in total. The lowest BCUT2D eigenvalue weighted by molar-refractivity contribution is -0.0124. The maximum absolute atomic E-state index is 13.5. The van der Waals surface area contributed by atoms with E-state index < -0.39 is 5.91 Å². The lowest BCUT2D eigenvalue weighted by Crippen LogP contribution is -2.44. The fraction of sp³-hybridized carbons (Fsp3) is 0.258. The van der Waals surface area contributed by atoms with Crippen molar-refractivity contribution in [2.75, 3.05) is 19.7 Å². The molecule has 3 aromatic carbocycles. The van der Waals surface area contributed by atoms with Gasteiger partial charge in [0.1, 0.15) is 5.76 Å². The molecule has 8 heteroatoms. The second-order valence-corrected chi connectivity index (χ2v) is 10.2. The summed E-state index contributed by atoms with van der Waals surface area (Å²) < 4.78 is 13.2. The first-order chi connectivity index (χ1) is 18.8. The average Bonchev–Trinajstić information content (AvgIpc) is 3.43. The predicted molar refractivity (Wildman–Crippen MR) is 150 cm³/mol. The fourth-order valence-electron chi connectivity index (χ4n) is 5.71. The van der Waals surface area contributed by atoms with Gasteiger partial charge in [-0.1, -0.05) is 35.5 Å². The molecule has 6 rings (SSSR count). The Bertz CT molecular complexity index is 1710. The number of aryl methyl sites for hydroxylation is 2. The third kappa shape index (κ3) is 4.36. The molecule has 3 heterocycles. The highest BCUT2D eigenvalue weighted by Gasteiger charge is 2.25. The summed E-state index contributed by atoms with van der Waals surface area (Å²) in [4.78, 5) is 28.2. The minimum absolute atomic E-state index is 0.0107. The van der Waals surface area contributed by atoms with Crippen molar-refractivity contribution in [2.24, 2.45) is 5.73 Å². The van der Waals surface area contributed by atoms with E-state index in [1.165, 1.54) is 0 Å². The molecule has 2 aromatic heterocycles. The molecule has 0 saturated carbocycles. The summed E-state index contributed by atoms with van der Waals surface area (Å²) in [6.07, 6.45) is -0.0107. The van der Waals surface area contributed by atoms with E-state index in [2.05, 4.69) is 27.9 Å². The maximum atomic E-state index is 13.5. The second kappa shape index (κ2) is 9.71. The average molecular weight is 523 g/mol. The van der Waals surface area contributed by atoms with Crippen LogP contribution in [0.5, 0.6) is 0 Å². The molecule has 0 bridgehead atoms. The fourth-order valence-corrected chi connectivity index (χ4v) is 5.71. The number of morpholine rings is 1. The van der Waals surface area contributed by atoms with Gasteiger partial charge in [-0.3, -0.25) is 9.59 Å². The second-order valence-electron chi connectivity index (χ2n) is 10.2. The molecule has 1 atom stereocenters. The van der Waals surface area contributed by atoms with Gasteiger partial charge in [0.15, 0.2) is 0 Å². The first-order valence-corrected chi connectivity index (χ1v) is 13.1. The zero-order valence-corrected chi connectivity index (χ0v) is 22.2. The zero-order valence-electron chi connectivity index (χ0n) is 22.2. The number of carbonyl (C=O) groups is 2. The number of ether oxygens (including phenoxy) is 1. The molecular weight excluding hydrogens is 492 g/mol. The summed E-state index contributed by atoms with van der Waals surface area (Å²) in [5.41, 5.74) is 12.2. The smallest absolute Gasteiger partial charge is 0.254 e. The van der Waals surface area contributed by atoms with Crippen LogP contribution in [0.15, 0.2) is 65.2 Å². The van der Waals surface area contributed by atoms with Gasteiger partial charge in [-0.15, -0.1) is 0 Å². The van der Waals surface area contributed by atoms with Crippen molar-refractivity contribution in [2.45, 2.75) is 33.4 Å². The number of carbonyl (C=O) groups excluding carboxylic acids is 2. The largest absolute Gasteiger partial charge is 0.375 e. The molecule has 1 aliphatic rings. The Kier molecular flexibility index (Phi) is 6.19. The van der Waals surface area contributed by atoms with Crippen molar-refractivity contribution in [1.29, 1.82) is 0 Å². The molecule has 0 spiro atoms. The van der Waals surface area contributed by atoms with Crippen LogP contribution in [0.25, 0.3) is 32.9 Å². The molecular formula is C31H30N4O4. The van der Waals surface area contributed by atoms with Crippen LogP contribution in [0.3, 0.4) is 0 Å². The van der Waals surface area contributed by atoms with E-state index in [0.29, 0.717) is 43.1 Å². The van der Waals surface area contributed by atoms with Crippen molar-refractivity contribution in [3.8, 4) is 11.1 Å². The Morgan fingerprint density at radius 2 is 1.85 bits per heavy atom. The van der Waals surface area contributed by atoms with Crippen LogP contribution in [0.2, 0.25) is 0 Å². The van der Waals surface area contributed by atoms with Gasteiger partial charge in [-0.2, -0.15) is 0 Å². The number of benzene rings is 3. The van der Waals surface area contributed by atoms with E-state index in [1.54, 1.807) is 0 Å². The Hall–Kier alpha value is -4.43. The molecule has 198 valence electrons. The van der Waals surface area contributed by atoms with Crippen molar-refractivity contribution < 1.29 is 18.8 Å². The molecule has 1 aliphatic heterocycles. The van der Waals surface area contributed by atoms with E-state index in [1.807, 2.05) is 68.1 Å². The first-order valence-electron chi connectivity index (χ1n) is 13.1. The predicted octanol–water partition coefficient (Wildman–Crippen LogP) is 5.07. The summed E-state index contributed by atoms with van der Waals surface area (Å²) >= 11 is 0. The Morgan fingerprint density at radius 3 is 2.54 bits per heavy atom. The van der Waals surface area contributed by atoms with E-state index in [-0.39, 0.29) is 12.0 Å². The highest BCUT2D eigenvalue weighted by Crippen LogP contribution is 2.38. The van der Waals surface area contributed by atoms with Gasteiger partial charge in [0, 0.05) is 52.6 Å². The van der Waals surface area contributed by atoms with E-state index >= 15 is 0 Å². The van der Waals surface area contributed by atoms with E-state index in [0.717, 1.165) is 44.2 Å². The van der Waals surface area contributed by atoms with Crippen LogP contribution in [0, 0.1) is 13.8 Å². The van der Waals surface area contributed by atoms with Crippen molar-refractivity contribution in [1.82, 2.24) is 14.6 Å². The number of hydrogen-bond acceptors (Lipinski definition) is 5. The number of nitrogens with zero attached hydrogens (tertiary/aromatic N) is 3. The van der Waals surface area contributed by atoms with Crippen LogP contribution in [0.4, 0.5) is 0 Å². The van der Waals surface area contributed by atoms with E-state index in [9.17, 15) is 9.59 Å². The number of fused-ring (bicyclic) bond motifs is 3. The molecule has 0 unspecified atom stereocenters. The minimum atomic E-state index is -0.536. The molecule has 2 amide bonds. The standard InChI is InChI=1S/C31H30N4O4/c1-18-16-34(11-12-38-18)31(37)22-9-10-26-24(13-22)29-25(30(32)36)14-23(28-19(2)33-39-20(28)3)15-27(29)35(26)17-21-7-5-4-6-8-21/h4-10,13-15,18H,11-12,16-17H2,1-3H3,(H2,32,36)/t18-/m0/s1. The monoisotopic (exact) mass is 522 g/mol. The van der Waals surface area contributed by atoms with Gasteiger partial charge in [0.2, 0.25) is 5.91 Å². The summed E-state index contributed by atoms with van der Waals surface area (Å²) in [6, 6.07) is 19.7. The number of primary amides is 1. The van der Waals surface area contributed by atoms with Crippen LogP contribution >= 0.6 is 0 Å².